The molecule has 2 aromatic rings. The summed E-state index contributed by atoms with van der Waals surface area (Å²) in [6, 6.07) is 12.7. The van der Waals surface area contributed by atoms with Crippen molar-refractivity contribution in [1.82, 2.24) is 4.90 Å². The zero-order valence-corrected chi connectivity index (χ0v) is 16.8. The Bertz CT molecular complexity index is 958. The van der Waals surface area contributed by atoms with Crippen molar-refractivity contribution in [3.8, 4) is 11.5 Å². The van der Waals surface area contributed by atoms with Gasteiger partial charge in [-0.1, -0.05) is 66.4 Å². The summed E-state index contributed by atoms with van der Waals surface area (Å²) >= 11 is 6.38. The lowest BCUT2D eigenvalue weighted by atomic mass is 10.1. The predicted octanol–water partition coefficient (Wildman–Crippen LogP) is 3.73. The first-order valence-corrected chi connectivity index (χ1v) is 9.46. The number of aliphatic carboxylic acids is 1. The number of thioether (sulfide) groups is 1. The Hall–Kier alpha value is -2.84. The molecule has 0 saturated carbocycles. The van der Waals surface area contributed by atoms with Gasteiger partial charge in [0.05, 0.1) is 19.1 Å². The van der Waals surface area contributed by atoms with Crippen LogP contribution in [-0.4, -0.2) is 40.4 Å². The molecule has 2 aromatic carbocycles. The normalized spacial score (nSPS) is 16.4. The maximum absolute atomic E-state index is 13.0. The molecule has 8 heteroatoms. The number of carbonyl (C=O) groups is 2. The lowest BCUT2D eigenvalue weighted by molar-refractivity contribution is -0.145. The molecule has 1 atom stereocenters. The highest BCUT2D eigenvalue weighted by atomic mass is 32.2. The van der Waals surface area contributed by atoms with Gasteiger partial charge in [-0.3, -0.25) is 9.69 Å². The van der Waals surface area contributed by atoms with Gasteiger partial charge in [-0.05, 0) is 17.7 Å². The van der Waals surface area contributed by atoms with Gasteiger partial charge in [0.15, 0.2) is 17.5 Å². The van der Waals surface area contributed by atoms with E-state index in [9.17, 15) is 14.7 Å². The van der Waals surface area contributed by atoms with Crippen LogP contribution in [-0.2, 0) is 9.59 Å². The van der Waals surface area contributed by atoms with Gasteiger partial charge in [0, 0.05) is 5.56 Å². The summed E-state index contributed by atoms with van der Waals surface area (Å²) in [6.07, 6.45) is 1.63. The highest BCUT2D eigenvalue weighted by Gasteiger charge is 2.41. The van der Waals surface area contributed by atoms with Crippen molar-refractivity contribution >= 4 is 46.3 Å². The fourth-order valence-corrected chi connectivity index (χ4v) is 4.21. The summed E-state index contributed by atoms with van der Waals surface area (Å²) in [5.74, 6) is -0.605. The van der Waals surface area contributed by atoms with Gasteiger partial charge in [0.25, 0.3) is 5.91 Å². The SMILES string of the molecule is COc1cccc(/C=C2/SC(=S)N([C@H](C(=O)O)c3ccccc3)C2=O)c1OC. The second kappa shape index (κ2) is 8.45. The fourth-order valence-electron chi connectivity index (χ4n) is 2.91. The number of amides is 1. The number of carboxylic acid groups (broad SMARTS) is 1. The number of methoxy groups -OCH3 is 2. The van der Waals surface area contributed by atoms with Crippen molar-refractivity contribution in [2.45, 2.75) is 6.04 Å². The number of hydrogen-bond acceptors (Lipinski definition) is 6. The molecule has 1 amide bonds. The molecule has 1 fully saturated rings. The number of para-hydroxylation sites is 1. The standard InChI is InChI=1S/C20H17NO5S2/c1-25-14-10-6-9-13(17(14)26-2)11-15-18(22)21(20(27)28-15)16(19(23)24)12-7-4-3-5-8-12/h3-11,16H,1-2H3,(H,23,24)/b15-11+/t16-/m0/s1. The molecular formula is C20H17NO5S2. The minimum absolute atomic E-state index is 0.189. The molecule has 1 N–H and O–H groups in total. The number of carbonyl (C=O) groups excluding carboxylic acids is 1. The Morgan fingerprint density at radius 2 is 1.86 bits per heavy atom. The Balaban J connectivity index is 2.00. The van der Waals surface area contributed by atoms with Crippen LogP contribution in [0, 0.1) is 0 Å². The molecule has 0 radical (unpaired) electrons. The van der Waals surface area contributed by atoms with Gasteiger partial charge in [0.1, 0.15) is 4.32 Å². The molecular weight excluding hydrogens is 398 g/mol. The molecule has 6 nitrogen and oxygen atoms in total. The Kier molecular flexibility index (Phi) is 6.01. The van der Waals surface area contributed by atoms with E-state index in [1.807, 2.05) is 0 Å². The van der Waals surface area contributed by atoms with Crippen LogP contribution in [0.25, 0.3) is 6.08 Å². The maximum atomic E-state index is 13.0. The molecule has 0 unspecified atom stereocenters. The molecule has 1 saturated heterocycles. The molecule has 1 heterocycles. The van der Waals surface area contributed by atoms with Crippen molar-refractivity contribution in [2.75, 3.05) is 14.2 Å². The number of nitrogens with zero attached hydrogens (tertiary/aromatic N) is 1. The van der Waals surface area contributed by atoms with E-state index in [1.165, 1.54) is 14.2 Å². The molecule has 0 aromatic heterocycles. The lowest BCUT2D eigenvalue weighted by Gasteiger charge is -2.23. The number of ether oxygens (including phenoxy) is 2. The molecule has 3 rings (SSSR count). The van der Waals surface area contributed by atoms with E-state index in [4.69, 9.17) is 21.7 Å². The fraction of sp³-hybridized carbons (Fsp3) is 0.150. The number of benzene rings is 2. The van der Waals surface area contributed by atoms with Gasteiger partial charge >= 0.3 is 5.97 Å². The average Bonchev–Trinajstić information content (AvgIpc) is 2.96. The Morgan fingerprint density at radius 1 is 1.14 bits per heavy atom. The van der Waals surface area contributed by atoms with Crippen molar-refractivity contribution in [3.63, 3.8) is 0 Å². The van der Waals surface area contributed by atoms with Gasteiger partial charge in [0.2, 0.25) is 0 Å². The lowest BCUT2D eigenvalue weighted by Crippen LogP contribution is -2.37. The molecule has 1 aliphatic heterocycles. The van der Waals surface area contributed by atoms with Crippen molar-refractivity contribution in [3.05, 3.63) is 64.6 Å². The van der Waals surface area contributed by atoms with Crippen LogP contribution in [0.2, 0.25) is 0 Å². The van der Waals surface area contributed by atoms with Crippen molar-refractivity contribution < 1.29 is 24.2 Å². The molecule has 0 bridgehead atoms. The second-order valence-corrected chi connectivity index (χ2v) is 7.46. The number of rotatable bonds is 6. The first-order valence-electron chi connectivity index (χ1n) is 8.23. The summed E-state index contributed by atoms with van der Waals surface area (Å²) < 4.78 is 10.9. The highest BCUT2D eigenvalue weighted by molar-refractivity contribution is 8.26. The van der Waals surface area contributed by atoms with E-state index in [0.29, 0.717) is 27.5 Å². The van der Waals surface area contributed by atoms with E-state index < -0.39 is 17.9 Å². The van der Waals surface area contributed by atoms with Crippen LogP contribution >= 0.6 is 24.0 Å². The van der Waals surface area contributed by atoms with Crippen LogP contribution in [0.15, 0.2) is 53.4 Å². The van der Waals surface area contributed by atoms with Crippen LogP contribution in [0.4, 0.5) is 0 Å². The van der Waals surface area contributed by atoms with Gasteiger partial charge in [-0.2, -0.15) is 0 Å². The topological polar surface area (TPSA) is 76.1 Å². The minimum Gasteiger partial charge on any atom is -0.493 e. The summed E-state index contributed by atoms with van der Waals surface area (Å²) in [6.45, 7) is 0. The molecule has 0 aliphatic carbocycles. The predicted molar refractivity (Wildman–Crippen MR) is 111 cm³/mol. The Morgan fingerprint density at radius 3 is 2.46 bits per heavy atom. The summed E-state index contributed by atoms with van der Waals surface area (Å²) in [4.78, 5) is 26.4. The maximum Gasteiger partial charge on any atom is 0.331 e. The zero-order valence-electron chi connectivity index (χ0n) is 15.1. The van der Waals surface area contributed by atoms with Crippen LogP contribution in [0.1, 0.15) is 17.2 Å². The van der Waals surface area contributed by atoms with Crippen molar-refractivity contribution in [2.24, 2.45) is 0 Å². The summed E-state index contributed by atoms with van der Waals surface area (Å²) in [7, 11) is 3.04. The van der Waals surface area contributed by atoms with E-state index >= 15 is 0 Å². The van der Waals surface area contributed by atoms with E-state index in [1.54, 1.807) is 54.6 Å². The van der Waals surface area contributed by atoms with Gasteiger partial charge in [-0.25, -0.2) is 4.79 Å². The molecule has 144 valence electrons. The van der Waals surface area contributed by atoms with E-state index in [2.05, 4.69) is 0 Å². The molecule has 1 aliphatic rings. The van der Waals surface area contributed by atoms with Gasteiger partial charge in [-0.15, -0.1) is 0 Å². The third-order valence-corrected chi connectivity index (χ3v) is 5.48. The Labute approximate surface area is 171 Å². The second-order valence-electron chi connectivity index (χ2n) is 5.79. The number of thiocarbonyl (C=S) groups is 1. The number of hydrogen-bond donors (Lipinski definition) is 1. The summed E-state index contributed by atoms with van der Waals surface area (Å²) in [5, 5.41) is 9.73. The van der Waals surface area contributed by atoms with Crippen molar-refractivity contribution in [1.29, 1.82) is 0 Å². The summed E-state index contributed by atoms with van der Waals surface area (Å²) in [5.41, 5.74) is 1.11. The first kappa shape index (κ1) is 19.9. The quantitative estimate of drug-likeness (QED) is 0.569. The monoisotopic (exact) mass is 415 g/mol. The van der Waals surface area contributed by atoms with E-state index in [0.717, 1.165) is 16.7 Å². The van der Waals surface area contributed by atoms with Crippen LogP contribution in [0.5, 0.6) is 11.5 Å². The third-order valence-electron chi connectivity index (χ3n) is 4.15. The van der Waals surface area contributed by atoms with E-state index in [-0.39, 0.29) is 4.32 Å². The van der Waals surface area contributed by atoms with Crippen LogP contribution < -0.4 is 9.47 Å². The third kappa shape index (κ3) is 3.74. The number of carboxylic acids is 1. The van der Waals surface area contributed by atoms with Gasteiger partial charge < -0.3 is 14.6 Å². The smallest absolute Gasteiger partial charge is 0.331 e. The highest BCUT2D eigenvalue weighted by Crippen LogP contribution is 2.40. The first-order chi connectivity index (χ1) is 13.5. The molecule has 28 heavy (non-hydrogen) atoms. The largest absolute Gasteiger partial charge is 0.493 e. The molecule has 0 spiro atoms. The van der Waals surface area contributed by atoms with Crippen LogP contribution in [0.3, 0.4) is 0 Å². The average molecular weight is 415 g/mol. The zero-order chi connectivity index (χ0) is 20.3. The minimum atomic E-state index is -1.19.